The summed E-state index contributed by atoms with van der Waals surface area (Å²) in [5, 5.41) is 0. The molecule has 2 heteroatoms. The van der Waals surface area contributed by atoms with Crippen LogP contribution in [0.4, 0.5) is 0 Å². The molecule has 1 fully saturated rings. The van der Waals surface area contributed by atoms with Gasteiger partial charge < -0.3 is 4.74 Å². The van der Waals surface area contributed by atoms with Crippen LogP contribution in [0.25, 0.3) is 0 Å². The summed E-state index contributed by atoms with van der Waals surface area (Å²) in [4.78, 5) is 10.8. The van der Waals surface area contributed by atoms with Gasteiger partial charge in [-0.3, -0.25) is 4.79 Å². The van der Waals surface area contributed by atoms with Gasteiger partial charge in [0.25, 0.3) is 0 Å². The van der Waals surface area contributed by atoms with E-state index in [0.717, 1.165) is 13.0 Å². The molecule has 0 spiro atoms. The molecule has 1 aliphatic rings. The zero-order chi connectivity index (χ0) is 6.69. The number of carbonyl (C=O) groups excluding carboxylic acids is 1. The van der Waals surface area contributed by atoms with Gasteiger partial charge in [0.15, 0.2) is 5.78 Å². The van der Waals surface area contributed by atoms with Crippen LogP contribution in [0.2, 0.25) is 0 Å². The zero-order valence-corrected chi connectivity index (χ0v) is 5.30. The van der Waals surface area contributed by atoms with E-state index in [9.17, 15) is 4.79 Å². The first kappa shape index (κ1) is 6.49. The largest absolute Gasteiger partial charge is 0.381 e. The number of carbonyl (C=O) groups is 1. The van der Waals surface area contributed by atoms with Crippen LogP contribution in [0.3, 0.4) is 0 Å². The van der Waals surface area contributed by atoms with Gasteiger partial charge in [0.05, 0.1) is 6.61 Å². The maximum atomic E-state index is 10.8. The van der Waals surface area contributed by atoms with Gasteiger partial charge in [-0.2, -0.15) is 0 Å². The van der Waals surface area contributed by atoms with Crippen LogP contribution in [0.1, 0.15) is 6.42 Å². The predicted octanol–water partition coefficient (Wildman–Crippen LogP) is 0.778. The smallest absolute Gasteiger partial charge is 0.160 e. The molecule has 0 radical (unpaired) electrons. The third-order valence-electron chi connectivity index (χ3n) is 1.53. The summed E-state index contributed by atoms with van der Waals surface area (Å²) in [6.45, 7) is 4.71. The molecule has 0 amide bonds. The van der Waals surface area contributed by atoms with Crippen molar-refractivity contribution in [2.24, 2.45) is 5.92 Å². The highest BCUT2D eigenvalue weighted by Crippen LogP contribution is 2.12. The van der Waals surface area contributed by atoms with Crippen molar-refractivity contribution in [3.05, 3.63) is 12.7 Å². The Hall–Kier alpha value is -0.630. The third kappa shape index (κ3) is 1.39. The van der Waals surface area contributed by atoms with Gasteiger partial charge in [0.2, 0.25) is 0 Å². The van der Waals surface area contributed by atoms with Crippen molar-refractivity contribution in [2.75, 3.05) is 13.2 Å². The first-order valence-electron chi connectivity index (χ1n) is 3.08. The van der Waals surface area contributed by atoms with Crippen LogP contribution in [-0.4, -0.2) is 19.0 Å². The summed E-state index contributed by atoms with van der Waals surface area (Å²) in [6.07, 6.45) is 2.24. The lowest BCUT2D eigenvalue weighted by atomic mass is 10.0. The molecule has 1 atom stereocenters. The fourth-order valence-corrected chi connectivity index (χ4v) is 0.926. The Bertz CT molecular complexity index is 123. The second kappa shape index (κ2) is 2.78. The zero-order valence-electron chi connectivity index (χ0n) is 5.30. The summed E-state index contributed by atoms with van der Waals surface area (Å²) in [5.74, 6) is 0.218. The molecule has 0 bridgehead atoms. The highest BCUT2D eigenvalue weighted by molar-refractivity contribution is 5.91. The van der Waals surface area contributed by atoms with Gasteiger partial charge in [-0.25, -0.2) is 0 Å². The van der Waals surface area contributed by atoms with Crippen LogP contribution in [0, 0.1) is 5.92 Å². The maximum absolute atomic E-state index is 10.8. The van der Waals surface area contributed by atoms with E-state index in [0.29, 0.717) is 6.61 Å². The fourth-order valence-electron chi connectivity index (χ4n) is 0.926. The summed E-state index contributed by atoms with van der Waals surface area (Å²) in [5.41, 5.74) is 0. The van der Waals surface area contributed by atoms with Gasteiger partial charge in [0, 0.05) is 12.5 Å². The number of ketones is 1. The highest BCUT2D eigenvalue weighted by atomic mass is 16.5. The Balaban J connectivity index is 2.41. The lowest BCUT2D eigenvalue weighted by Gasteiger charge is -1.98. The van der Waals surface area contributed by atoms with Crippen LogP contribution < -0.4 is 0 Å². The second-order valence-electron chi connectivity index (χ2n) is 2.17. The predicted molar refractivity (Wildman–Crippen MR) is 34.1 cm³/mol. The Morgan fingerprint density at radius 2 is 2.56 bits per heavy atom. The van der Waals surface area contributed by atoms with Crippen molar-refractivity contribution in [3.63, 3.8) is 0 Å². The lowest BCUT2D eigenvalue weighted by Crippen LogP contribution is -2.10. The lowest BCUT2D eigenvalue weighted by molar-refractivity contribution is -0.118. The number of ether oxygens (including phenoxy) is 1. The minimum Gasteiger partial charge on any atom is -0.381 e. The Labute approximate surface area is 54.5 Å². The van der Waals surface area contributed by atoms with E-state index in [1.165, 1.54) is 6.08 Å². The molecule has 9 heavy (non-hydrogen) atoms. The number of hydrogen-bond acceptors (Lipinski definition) is 2. The third-order valence-corrected chi connectivity index (χ3v) is 1.53. The highest BCUT2D eigenvalue weighted by Gasteiger charge is 2.20. The number of hydrogen-bond donors (Lipinski definition) is 0. The van der Waals surface area contributed by atoms with Crippen LogP contribution >= 0.6 is 0 Å². The average molecular weight is 126 g/mol. The van der Waals surface area contributed by atoms with Crippen LogP contribution in [0.15, 0.2) is 12.7 Å². The number of allylic oxidation sites excluding steroid dienone is 1. The minimum absolute atomic E-state index is 0.0995. The molecule has 1 heterocycles. The molecule has 0 N–H and O–H groups in total. The van der Waals surface area contributed by atoms with Gasteiger partial charge in [0.1, 0.15) is 0 Å². The Morgan fingerprint density at radius 3 is 3.00 bits per heavy atom. The van der Waals surface area contributed by atoms with Gasteiger partial charge in [-0.15, -0.1) is 0 Å². The molecule has 2 nitrogen and oxygen atoms in total. The molecular weight excluding hydrogens is 116 g/mol. The fraction of sp³-hybridized carbons (Fsp3) is 0.571. The molecule has 1 saturated heterocycles. The van der Waals surface area contributed by atoms with Gasteiger partial charge in [-0.05, 0) is 12.5 Å². The Kier molecular flexibility index (Phi) is 2.01. The van der Waals surface area contributed by atoms with Crippen LogP contribution in [-0.2, 0) is 9.53 Å². The van der Waals surface area contributed by atoms with E-state index in [-0.39, 0.29) is 11.7 Å². The Morgan fingerprint density at radius 1 is 1.78 bits per heavy atom. The summed E-state index contributed by atoms with van der Waals surface area (Å²) >= 11 is 0. The first-order chi connectivity index (χ1) is 4.34. The van der Waals surface area contributed by atoms with E-state index >= 15 is 0 Å². The topological polar surface area (TPSA) is 26.3 Å². The molecule has 0 aromatic heterocycles. The van der Waals surface area contributed by atoms with Crippen molar-refractivity contribution in [2.45, 2.75) is 6.42 Å². The molecule has 0 aromatic rings. The van der Waals surface area contributed by atoms with E-state index in [4.69, 9.17) is 4.74 Å². The average Bonchev–Trinajstić information content (AvgIpc) is 2.37. The molecule has 1 aliphatic heterocycles. The molecule has 0 aliphatic carbocycles. The van der Waals surface area contributed by atoms with Crippen molar-refractivity contribution in [1.82, 2.24) is 0 Å². The standard InChI is InChI=1S/C7H10O2/c1-2-7(8)6-3-4-9-5-6/h2,6H,1,3-5H2. The molecule has 1 rings (SSSR count). The molecule has 50 valence electrons. The van der Waals surface area contributed by atoms with Crippen LogP contribution in [0.5, 0.6) is 0 Å². The quantitative estimate of drug-likeness (QED) is 0.511. The maximum Gasteiger partial charge on any atom is 0.160 e. The van der Waals surface area contributed by atoms with E-state index in [2.05, 4.69) is 6.58 Å². The molecule has 0 saturated carbocycles. The first-order valence-corrected chi connectivity index (χ1v) is 3.08. The normalized spacial score (nSPS) is 26.0. The van der Waals surface area contributed by atoms with Gasteiger partial charge >= 0.3 is 0 Å². The minimum atomic E-state index is 0.0995. The van der Waals surface area contributed by atoms with Crippen molar-refractivity contribution in [1.29, 1.82) is 0 Å². The summed E-state index contributed by atoms with van der Waals surface area (Å²) in [7, 11) is 0. The van der Waals surface area contributed by atoms with E-state index in [1.54, 1.807) is 0 Å². The van der Waals surface area contributed by atoms with Crippen molar-refractivity contribution >= 4 is 5.78 Å². The second-order valence-corrected chi connectivity index (χ2v) is 2.17. The molecule has 1 unspecified atom stereocenters. The van der Waals surface area contributed by atoms with E-state index in [1.807, 2.05) is 0 Å². The SMILES string of the molecule is C=CC(=O)C1CCOC1. The molecular formula is C7H10O2. The monoisotopic (exact) mass is 126 g/mol. The van der Waals surface area contributed by atoms with Gasteiger partial charge in [-0.1, -0.05) is 6.58 Å². The molecule has 0 aromatic carbocycles. The van der Waals surface area contributed by atoms with Crippen molar-refractivity contribution < 1.29 is 9.53 Å². The number of rotatable bonds is 2. The van der Waals surface area contributed by atoms with Crippen molar-refractivity contribution in [3.8, 4) is 0 Å². The van der Waals surface area contributed by atoms with E-state index < -0.39 is 0 Å². The summed E-state index contributed by atoms with van der Waals surface area (Å²) in [6, 6.07) is 0. The summed E-state index contributed by atoms with van der Waals surface area (Å²) < 4.78 is 5.01.